The molecule has 0 radical (unpaired) electrons. The molecule has 58 valence electrons. The van der Waals surface area contributed by atoms with E-state index in [2.05, 4.69) is 6.58 Å². The summed E-state index contributed by atoms with van der Waals surface area (Å²) in [7, 11) is 0. The Labute approximate surface area is 63.3 Å². The second-order valence-corrected chi connectivity index (χ2v) is 3.20. The van der Waals surface area contributed by atoms with Gasteiger partial charge in [-0.05, 0) is 18.8 Å². The fourth-order valence-electron chi connectivity index (χ4n) is 1.68. The van der Waals surface area contributed by atoms with E-state index in [0.717, 1.165) is 5.92 Å². The molecule has 1 saturated carbocycles. The van der Waals surface area contributed by atoms with Crippen molar-refractivity contribution < 1.29 is 0 Å². The second-order valence-electron chi connectivity index (χ2n) is 3.20. The van der Waals surface area contributed by atoms with E-state index in [1.807, 2.05) is 0 Å². The zero-order chi connectivity index (χ0) is 7.40. The molecule has 10 heavy (non-hydrogen) atoms. The van der Waals surface area contributed by atoms with Gasteiger partial charge in [0.2, 0.25) is 0 Å². The van der Waals surface area contributed by atoms with Crippen LogP contribution in [0.25, 0.3) is 0 Å². The third kappa shape index (κ3) is 1.84. The van der Waals surface area contributed by atoms with Gasteiger partial charge in [0.05, 0.1) is 0 Å². The lowest BCUT2D eigenvalue weighted by atomic mass is 9.84. The summed E-state index contributed by atoms with van der Waals surface area (Å²) in [6, 6.07) is 0. The fraction of sp³-hybridized carbons (Fsp3) is 0.778. The second kappa shape index (κ2) is 3.77. The molecule has 0 unspecified atom stereocenters. The predicted octanol–water partition coefficient (Wildman–Crippen LogP) is 2.08. The first kappa shape index (κ1) is 7.80. The maximum Gasteiger partial charge on any atom is 0.0136 e. The Hall–Kier alpha value is -0.300. The van der Waals surface area contributed by atoms with Crippen LogP contribution in [0.5, 0.6) is 0 Å². The quantitative estimate of drug-likeness (QED) is 0.582. The smallest absolute Gasteiger partial charge is 0.0136 e. The van der Waals surface area contributed by atoms with Crippen molar-refractivity contribution in [3.05, 3.63) is 12.2 Å². The highest BCUT2D eigenvalue weighted by Crippen LogP contribution is 2.27. The van der Waals surface area contributed by atoms with Crippen molar-refractivity contribution in [2.45, 2.75) is 32.1 Å². The van der Waals surface area contributed by atoms with Crippen molar-refractivity contribution >= 4 is 0 Å². The van der Waals surface area contributed by atoms with Gasteiger partial charge in [0, 0.05) is 6.54 Å². The monoisotopic (exact) mass is 139 g/mol. The standard InChI is InChI=1S/C9H17N/c1-8(7-10)9-5-3-2-4-6-9/h9H,1-7,10H2. The van der Waals surface area contributed by atoms with Crippen LogP contribution in [0.4, 0.5) is 0 Å². The molecule has 0 atom stereocenters. The average Bonchev–Trinajstić information content (AvgIpc) is 2.05. The zero-order valence-corrected chi connectivity index (χ0v) is 6.60. The lowest BCUT2D eigenvalue weighted by Gasteiger charge is -2.22. The van der Waals surface area contributed by atoms with E-state index < -0.39 is 0 Å². The number of hydrogen-bond acceptors (Lipinski definition) is 1. The highest BCUT2D eigenvalue weighted by Gasteiger charge is 2.14. The Balaban J connectivity index is 2.31. The third-order valence-corrected chi connectivity index (χ3v) is 2.44. The first-order valence-corrected chi connectivity index (χ1v) is 4.22. The van der Waals surface area contributed by atoms with Gasteiger partial charge in [-0.25, -0.2) is 0 Å². The van der Waals surface area contributed by atoms with E-state index in [9.17, 15) is 0 Å². The molecule has 0 spiro atoms. The summed E-state index contributed by atoms with van der Waals surface area (Å²) < 4.78 is 0. The van der Waals surface area contributed by atoms with Crippen molar-refractivity contribution in [2.75, 3.05) is 6.54 Å². The number of nitrogens with two attached hydrogens (primary N) is 1. The minimum Gasteiger partial charge on any atom is -0.327 e. The molecular weight excluding hydrogens is 122 g/mol. The van der Waals surface area contributed by atoms with Gasteiger partial charge >= 0.3 is 0 Å². The van der Waals surface area contributed by atoms with E-state index in [0.29, 0.717) is 6.54 Å². The molecular formula is C9H17N. The van der Waals surface area contributed by atoms with Crippen LogP contribution >= 0.6 is 0 Å². The SMILES string of the molecule is C=C(CN)C1CCCCC1. The summed E-state index contributed by atoms with van der Waals surface area (Å²) in [5, 5.41) is 0. The summed E-state index contributed by atoms with van der Waals surface area (Å²) in [6.45, 7) is 4.66. The number of hydrogen-bond donors (Lipinski definition) is 1. The van der Waals surface area contributed by atoms with Crippen LogP contribution in [0.3, 0.4) is 0 Å². The molecule has 0 aromatic heterocycles. The molecule has 0 saturated heterocycles. The Kier molecular flexibility index (Phi) is 2.94. The summed E-state index contributed by atoms with van der Waals surface area (Å²) in [5.41, 5.74) is 6.77. The van der Waals surface area contributed by atoms with Crippen LogP contribution in [0.15, 0.2) is 12.2 Å². The Morgan fingerprint density at radius 1 is 1.30 bits per heavy atom. The van der Waals surface area contributed by atoms with Crippen molar-refractivity contribution in [1.82, 2.24) is 0 Å². The van der Waals surface area contributed by atoms with Gasteiger partial charge < -0.3 is 5.73 Å². The molecule has 2 N–H and O–H groups in total. The first-order chi connectivity index (χ1) is 4.84. The maximum absolute atomic E-state index is 5.50. The molecule has 1 heteroatoms. The molecule has 0 aliphatic heterocycles. The summed E-state index contributed by atoms with van der Waals surface area (Å²) in [4.78, 5) is 0. The topological polar surface area (TPSA) is 26.0 Å². The van der Waals surface area contributed by atoms with Crippen molar-refractivity contribution in [2.24, 2.45) is 11.7 Å². The molecule has 0 bridgehead atoms. The Morgan fingerprint density at radius 2 is 1.90 bits per heavy atom. The molecule has 1 rings (SSSR count). The lowest BCUT2D eigenvalue weighted by molar-refractivity contribution is 0.400. The van der Waals surface area contributed by atoms with Crippen LogP contribution in [-0.2, 0) is 0 Å². The molecule has 0 amide bonds. The minimum atomic E-state index is 0.685. The minimum absolute atomic E-state index is 0.685. The van der Waals surface area contributed by atoms with Gasteiger partial charge in [0.25, 0.3) is 0 Å². The van der Waals surface area contributed by atoms with Crippen LogP contribution in [-0.4, -0.2) is 6.54 Å². The van der Waals surface area contributed by atoms with Gasteiger partial charge in [-0.15, -0.1) is 0 Å². The maximum atomic E-state index is 5.50. The van der Waals surface area contributed by atoms with E-state index in [4.69, 9.17) is 5.73 Å². The third-order valence-electron chi connectivity index (χ3n) is 2.44. The molecule has 0 heterocycles. The van der Waals surface area contributed by atoms with Crippen molar-refractivity contribution in [3.8, 4) is 0 Å². The van der Waals surface area contributed by atoms with Crippen LogP contribution in [0.1, 0.15) is 32.1 Å². The highest BCUT2D eigenvalue weighted by atomic mass is 14.5. The van der Waals surface area contributed by atoms with Gasteiger partial charge in [-0.2, -0.15) is 0 Å². The van der Waals surface area contributed by atoms with Gasteiger partial charge in [-0.1, -0.05) is 31.4 Å². The molecule has 1 fully saturated rings. The molecule has 1 aliphatic rings. The summed E-state index contributed by atoms with van der Waals surface area (Å²) in [6.07, 6.45) is 6.83. The predicted molar refractivity (Wildman–Crippen MR) is 44.8 cm³/mol. The van der Waals surface area contributed by atoms with Crippen LogP contribution < -0.4 is 5.73 Å². The van der Waals surface area contributed by atoms with Crippen LogP contribution in [0, 0.1) is 5.92 Å². The normalized spacial score (nSPS) is 20.9. The molecule has 0 aromatic rings. The summed E-state index contributed by atoms with van der Waals surface area (Å²) >= 11 is 0. The van der Waals surface area contributed by atoms with Crippen molar-refractivity contribution in [1.29, 1.82) is 0 Å². The summed E-state index contributed by atoms with van der Waals surface area (Å²) in [5.74, 6) is 0.749. The Morgan fingerprint density at radius 3 is 2.40 bits per heavy atom. The zero-order valence-electron chi connectivity index (χ0n) is 6.60. The van der Waals surface area contributed by atoms with Gasteiger partial charge in [0.15, 0.2) is 0 Å². The lowest BCUT2D eigenvalue weighted by Crippen LogP contribution is -2.14. The highest BCUT2D eigenvalue weighted by molar-refractivity contribution is 5.02. The van der Waals surface area contributed by atoms with E-state index in [-0.39, 0.29) is 0 Å². The molecule has 1 nitrogen and oxygen atoms in total. The van der Waals surface area contributed by atoms with Gasteiger partial charge in [0.1, 0.15) is 0 Å². The molecule has 0 aromatic carbocycles. The van der Waals surface area contributed by atoms with Crippen LogP contribution in [0.2, 0.25) is 0 Å². The molecule has 1 aliphatic carbocycles. The van der Waals surface area contributed by atoms with E-state index in [1.54, 1.807) is 0 Å². The largest absolute Gasteiger partial charge is 0.327 e. The average molecular weight is 139 g/mol. The fourth-order valence-corrected chi connectivity index (χ4v) is 1.68. The van der Waals surface area contributed by atoms with Gasteiger partial charge in [-0.3, -0.25) is 0 Å². The van der Waals surface area contributed by atoms with E-state index >= 15 is 0 Å². The van der Waals surface area contributed by atoms with Crippen molar-refractivity contribution in [3.63, 3.8) is 0 Å². The first-order valence-electron chi connectivity index (χ1n) is 4.22. The Bertz CT molecular complexity index is 112. The number of rotatable bonds is 2. The van der Waals surface area contributed by atoms with E-state index in [1.165, 1.54) is 37.7 Å².